The van der Waals surface area contributed by atoms with Gasteiger partial charge in [0.2, 0.25) is 11.8 Å². The summed E-state index contributed by atoms with van der Waals surface area (Å²) in [5.41, 5.74) is 5.17. The molecule has 0 aliphatic carbocycles. The maximum Gasteiger partial charge on any atom is 0.229 e. The van der Waals surface area contributed by atoms with Gasteiger partial charge in [0.05, 0.1) is 12.1 Å². The van der Waals surface area contributed by atoms with Crippen LogP contribution in [0, 0.1) is 5.92 Å². The molecule has 6 nitrogen and oxygen atoms in total. The number of rotatable bonds is 2. The molecule has 2 amide bonds. The van der Waals surface area contributed by atoms with E-state index in [1.165, 1.54) is 11.1 Å². The van der Waals surface area contributed by atoms with Gasteiger partial charge in [-0.15, -0.1) is 0 Å². The lowest BCUT2D eigenvalue weighted by atomic mass is 10.1. The first-order chi connectivity index (χ1) is 7.99. The van der Waals surface area contributed by atoms with Crippen molar-refractivity contribution >= 4 is 45.2 Å². The lowest BCUT2D eigenvalue weighted by Gasteiger charge is -2.15. The molecule has 0 radical (unpaired) electrons. The van der Waals surface area contributed by atoms with Gasteiger partial charge in [-0.2, -0.15) is 0 Å². The number of carbonyl (C=O) groups excluding carboxylic acids is 2. The highest BCUT2D eigenvalue weighted by molar-refractivity contribution is 9.10. The van der Waals surface area contributed by atoms with Gasteiger partial charge >= 0.3 is 0 Å². The first kappa shape index (κ1) is 12.3. The molecule has 0 saturated carbocycles. The minimum atomic E-state index is -0.498. The molecule has 1 aliphatic rings. The molecule has 8 heteroatoms. The Balaban J connectivity index is 2.29. The summed E-state index contributed by atoms with van der Waals surface area (Å²) in [6.45, 7) is 0.199. The topological polar surface area (TPSA) is 89.2 Å². The summed E-state index contributed by atoms with van der Waals surface area (Å²) in [5.74, 6) is -0.970. The van der Waals surface area contributed by atoms with Crippen molar-refractivity contribution in [2.24, 2.45) is 11.7 Å². The smallest absolute Gasteiger partial charge is 0.229 e. The predicted molar refractivity (Wildman–Crippen MR) is 64.4 cm³/mol. The standard InChI is InChI=1S/C9H8BrClN4O2/c10-5-2-13-9(7(11)14-5)15-3-4(8(12)17)1-6(15)16/h2,4H,1,3H2,(H2,12,17). The van der Waals surface area contributed by atoms with Crippen LogP contribution in [0.2, 0.25) is 5.15 Å². The molecule has 0 bridgehead atoms. The Kier molecular flexibility index (Phi) is 3.30. The molecule has 1 unspecified atom stereocenters. The van der Waals surface area contributed by atoms with Crippen LogP contribution in [0.4, 0.5) is 5.82 Å². The van der Waals surface area contributed by atoms with Gasteiger partial charge in [0.25, 0.3) is 0 Å². The van der Waals surface area contributed by atoms with Gasteiger partial charge in [0, 0.05) is 13.0 Å². The van der Waals surface area contributed by atoms with E-state index in [9.17, 15) is 9.59 Å². The van der Waals surface area contributed by atoms with Crippen molar-refractivity contribution < 1.29 is 9.59 Å². The SMILES string of the molecule is NC(=O)C1CC(=O)N(c2ncc(Br)nc2Cl)C1. The maximum absolute atomic E-state index is 11.7. The van der Waals surface area contributed by atoms with Crippen molar-refractivity contribution in [1.82, 2.24) is 9.97 Å². The number of carbonyl (C=O) groups is 2. The maximum atomic E-state index is 11.7. The summed E-state index contributed by atoms with van der Waals surface area (Å²) in [5, 5.41) is 0.109. The zero-order valence-electron chi connectivity index (χ0n) is 8.56. The lowest BCUT2D eigenvalue weighted by molar-refractivity contribution is -0.123. The molecule has 1 atom stereocenters. The molecule has 2 N–H and O–H groups in total. The second kappa shape index (κ2) is 4.58. The van der Waals surface area contributed by atoms with E-state index in [0.29, 0.717) is 4.60 Å². The van der Waals surface area contributed by atoms with Crippen molar-refractivity contribution in [2.45, 2.75) is 6.42 Å². The van der Waals surface area contributed by atoms with Crippen molar-refractivity contribution in [3.8, 4) is 0 Å². The Hall–Kier alpha value is -1.21. The Morgan fingerprint density at radius 1 is 1.65 bits per heavy atom. The molecule has 90 valence electrons. The van der Waals surface area contributed by atoms with Gasteiger partial charge in [-0.1, -0.05) is 11.6 Å². The summed E-state index contributed by atoms with van der Waals surface area (Å²) in [6, 6.07) is 0. The highest BCUT2D eigenvalue weighted by Crippen LogP contribution is 2.28. The van der Waals surface area contributed by atoms with Crippen molar-refractivity contribution in [2.75, 3.05) is 11.4 Å². The average Bonchev–Trinajstić information content (AvgIpc) is 2.61. The molecule has 1 saturated heterocycles. The first-order valence-corrected chi connectivity index (χ1v) is 5.94. The Morgan fingerprint density at radius 2 is 2.35 bits per heavy atom. The number of aromatic nitrogens is 2. The molecule has 2 heterocycles. The highest BCUT2D eigenvalue weighted by Gasteiger charge is 2.35. The van der Waals surface area contributed by atoms with Gasteiger partial charge in [0.15, 0.2) is 11.0 Å². The Bertz CT molecular complexity index is 496. The fourth-order valence-electron chi connectivity index (χ4n) is 1.62. The van der Waals surface area contributed by atoms with Crippen molar-refractivity contribution in [1.29, 1.82) is 0 Å². The van der Waals surface area contributed by atoms with Gasteiger partial charge in [-0.3, -0.25) is 14.5 Å². The lowest BCUT2D eigenvalue weighted by Crippen LogP contribution is -2.29. The summed E-state index contributed by atoms with van der Waals surface area (Å²) < 4.78 is 0.476. The molecule has 0 spiro atoms. The van der Waals surface area contributed by atoms with E-state index in [-0.39, 0.29) is 29.8 Å². The largest absolute Gasteiger partial charge is 0.369 e. The summed E-state index contributed by atoms with van der Waals surface area (Å²) in [6.07, 6.45) is 1.52. The minimum absolute atomic E-state index is 0.0867. The van der Waals surface area contributed by atoms with E-state index in [4.69, 9.17) is 17.3 Å². The molecular formula is C9H8BrClN4O2. The monoisotopic (exact) mass is 318 g/mol. The number of halogens is 2. The summed E-state index contributed by atoms with van der Waals surface area (Å²) in [7, 11) is 0. The number of anilines is 1. The number of amides is 2. The van der Waals surface area contributed by atoms with E-state index >= 15 is 0 Å². The number of hydrogen-bond acceptors (Lipinski definition) is 4. The van der Waals surface area contributed by atoms with Crippen LogP contribution in [-0.2, 0) is 9.59 Å². The number of primary amides is 1. The molecule has 1 aromatic heterocycles. The third kappa shape index (κ3) is 2.39. The molecular weight excluding hydrogens is 311 g/mol. The second-order valence-corrected chi connectivity index (χ2v) is 4.79. The Labute approximate surface area is 110 Å². The summed E-state index contributed by atoms with van der Waals surface area (Å²) in [4.78, 5) is 32.0. The third-order valence-electron chi connectivity index (χ3n) is 2.47. The van der Waals surface area contributed by atoms with Crippen LogP contribution >= 0.6 is 27.5 Å². The van der Waals surface area contributed by atoms with E-state index in [0.717, 1.165) is 0 Å². The zero-order valence-corrected chi connectivity index (χ0v) is 10.9. The second-order valence-electron chi connectivity index (χ2n) is 3.61. The number of hydrogen-bond donors (Lipinski definition) is 1. The summed E-state index contributed by atoms with van der Waals surface area (Å²) >= 11 is 9.01. The van der Waals surface area contributed by atoms with Crippen LogP contribution in [0.15, 0.2) is 10.8 Å². The van der Waals surface area contributed by atoms with Crippen LogP contribution in [0.25, 0.3) is 0 Å². The average molecular weight is 320 g/mol. The first-order valence-electron chi connectivity index (χ1n) is 4.76. The van der Waals surface area contributed by atoms with Crippen LogP contribution in [-0.4, -0.2) is 28.3 Å². The third-order valence-corrected chi connectivity index (χ3v) is 3.10. The van der Waals surface area contributed by atoms with E-state index in [1.807, 2.05) is 0 Å². The van der Waals surface area contributed by atoms with Gasteiger partial charge in [0.1, 0.15) is 4.60 Å². The number of nitrogens with zero attached hydrogens (tertiary/aromatic N) is 3. The van der Waals surface area contributed by atoms with Crippen LogP contribution in [0.5, 0.6) is 0 Å². The van der Waals surface area contributed by atoms with Gasteiger partial charge in [-0.25, -0.2) is 9.97 Å². The van der Waals surface area contributed by atoms with Gasteiger partial charge in [-0.05, 0) is 15.9 Å². The minimum Gasteiger partial charge on any atom is -0.369 e. The molecule has 17 heavy (non-hydrogen) atoms. The quantitative estimate of drug-likeness (QED) is 0.870. The van der Waals surface area contributed by atoms with Crippen molar-refractivity contribution in [3.05, 3.63) is 16.0 Å². The van der Waals surface area contributed by atoms with Crippen molar-refractivity contribution in [3.63, 3.8) is 0 Å². The van der Waals surface area contributed by atoms with Crippen LogP contribution in [0.3, 0.4) is 0 Å². The van der Waals surface area contributed by atoms with Gasteiger partial charge < -0.3 is 5.73 Å². The van der Waals surface area contributed by atoms with Crippen LogP contribution < -0.4 is 10.6 Å². The van der Waals surface area contributed by atoms with E-state index in [1.54, 1.807) is 0 Å². The Morgan fingerprint density at radius 3 is 2.88 bits per heavy atom. The molecule has 1 aliphatic heterocycles. The van der Waals surface area contributed by atoms with Crippen LogP contribution in [0.1, 0.15) is 6.42 Å². The number of nitrogens with two attached hydrogens (primary N) is 1. The molecule has 0 aromatic carbocycles. The molecule has 2 rings (SSSR count). The highest BCUT2D eigenvalue weighted by atomic mass is 79.9. The predicted octanol–water partition coefficient (Wildman–Crippen LogP) is 0.731. The fraction of sp³-hybridized carbons (Fsp3) is 0.333. The van der Waals surface area contributed by atoms with E-state index < -0.39 is 11.8 Å². The molecule has 1 fully saturated rings. The molecule has 1 aromatic rings. The fourth-order valence-corrected chi connectivity index (χ4v) is 2.25. The van der Waals surface area contributed by atoms with E-state index in [2.05, 4.69) is 25.9 Å². The zero-order chi connectivity index (χ0) is 12.6. The normalized spacial score (nSPS) is 19.8.